The quantitative estimate of drug-likeness (QED) is 0.882. The van der Waals surface area contributed by atoms with E-state index in [1.807, 2.05) is 0 Å². The topological polar surface area (TPSA) is 51.1 Å². The SMILES string of the molecule is O=Cc1cccn1CC(=O)Nc1ccccc1C(F)(F)F. The number of carbonyl (C=O) groups excluding carboxylic acids is 2. The number of hydrogen-bond acceptors (Lipinski definition) is 2. The van der Waals surface area contributed by atoms with Crippen LogP contribution in [-0.4, -0.2) is 16.8 Å². The van der Waals surface area contributed by atoms with Gasteiger partial charge in [0.2, 0.25) is 5.91 Å². The van der Waals surface area contributed by atoms with Crippen LogP contribution in [-0.2, 0) is 17.5 Å². The van der Waals surface area contributed by atoms with Crippen molar-refractivity contribution in [1.29, 1.82) is 0 Å². The number of carbonyl (C=O) groups is 2. The highest BCUT2D eigenvalue weighted by Gasteiger charge is 2.33. The maximum Gasteiger partial charge on any atom is 0.418 e. The highest BCUT2D eigenvalue weighted by molar-refractivity contribution is 5.92. The molecule has 0 aliphatic carbocycles. The summed E-state index contributed by atoms with van der Waals surface area (Å²) in [5.74, 6) is -0.647. The van der Waals surface area contributed by atoms with Gasteiger partial charge in [-0.15, -0.1) is 0 Å². The van der Waals surface area contributed by atoms with Crippen LogP contribution in [0.3, 0.4) is 0 Å². The molecule has 4 nitrogen and oxygen atoms in total. The molecular weight excluding hydrogens is 285 g/mol. The molecule has 0 spiro atoms. The zero-order valence-corrected chi connectivity index (χ0v) is 10.7. The first-order valence-electron chi connectivity index (χ1n) is 5.98. The molecule has 1 heterocycles. The number of amides is 1. The largest absolute Gasteiger partial charge is 0.418 e. The minimum absolute atomic E-state index is 0.243. The van der Waals surface area contributed by atoms with Crippen molar-refractivity contribution in [2.75, 3.05) is 5.32 Å². The van der Waals surface area contributed by atoms with E-state index in [9.17, 15) is 22.8 Å². The molecule has 7 heteroatoms. The molecule has 0 unspecified atom stereocenters. The second kappa shape index (κ2) is 5.82. The van der Waals surface area contributed by atoms with E-state index in [0.717, 1.165) is 6.07 Å². The van der Waals surface area contributed by atoms with Crippen molar-refractivity contribution >= 4 is 17.9 Å². The molecule has 0 fully saturated rings. The number of hydrogen-bond donors (Lipinski definition) is 1. The summed E-state index contributed by atoms with van der Waals surface area (Å²) in [6, 6.07) is 7.79. The lowest BCUT2D eigenvalue weighted by Gasteiger charge is -2.14. The second-order valence-electron chi connectivity index (χ2n) is 4.27. The maximum absolute atomic E-state index is 12.8. The Morgan fingerprint density at radius 1 is 1.19 bits per heavy atom. The van der Waals surface area contributed by atoms with Gasteiger partial charge in [-0.1, -0.05) is 12.1 Å². The molecule has 0 aliphatic rings. The van der Waals surface area contributed by atoms with Crippen molar-refractivity contribution in [3.05, 3.63) is 53.9 Å². The Kier molecular flexibility index (Phi) is 4.11. The third-order valence-electron chi connectivity index (χ3n) is 2.81. The molecule has 1 aromatic carbocycles. The van der Waals surface area contributed by atoms with Gasteiger partial charge in [0.25, 0.3) is 0 Å². The minimum atomic E-state index is -4.55. The predicted octanol–water partition coefficient (Wildman–Crippen LogP) is 2.96. The van der Waals surface area contributed by atoms with Crippen LogP contribution in [0.5, 0.6) is 0 Å². The van der Waals surface area contributed by atoms with E-state index < -0.39 is 17.6 Å². The summed E-state index contributed by atoms with van der Waals surface area (Å²) < 4.78 is 39.7. The van der Waals surface area contributed by atoms with Gasteiger partial charge in [-0.3, -0.25) is 9.59 Å². The average molecular weight is 296 g/mol. The van der Waals surface area contributed by atoms with Gasteiger partial charge in [0.15, 0.2) is 6.29 Å². The van der Waals surface area contributed by atoms with Crippen LogP contribution < -0.4 is 5.32 Å². The normalized spacial score (nSPS) is 11.2. The van der Waals surface area contributed by atoms with Gasteiger partial charge in [-0.25, -0.2) is 0 Å². The number of aldehydes is 1. The van der Waals surface area contributed by atoms with Crippen LogP contribution >= 0.6 is 0 Å². The molecule has 21 heavy (non-hydrogen) atoms. The maximum atomic E-state index is 12.8. The number of rotatable bonds is 4. The summed E-state index contributed by atoms with van der Waals surface area (Å²) >= 11 is 0. The number of para-hydroxylation sites is 1. The molecule has 0 saturated carbocycles. The average Bonchev–Trinajstić information content (AvgIpc) is 2.85. The first kappa shape index (κ1) is 14.8. The predicted molar refractivity (Wildman–Crippen MR) is 69.9 cm³/mol. The molecule has 0 saturated heterocycles. The van der Waals surface area contributed by atoms with Crippen molar-refractivity contribution in [3.63, 3.8) is 0 Å². The molecule has 0 bridgehead atoms. The molecule has 2 aromatic rings. The smallest absolute Gasteiger partial charge is 0.336 e. The molecule has 1 aromatic heterocycles. The molecule has 1 N–H and O–H groups in total. The number of nitrogens with one attached hydrogen (secondary N) is 1. The molecule has 1 amide bonds. The van der Waals surface area contributed by atoms with E-state index in [1.54, 1.807) is 6.07 Å². The van der Waals surface area contributed by atoms with E-state index in [4.69, 9.17) is 0 Å². The minimum Gasteiger partial charge on any atom is -0.336 e. The van der Waals surface area contributed by atoms with Crippen LogP contribution in [0.25, 0.3) is 0 Å². The number of halogens is 3. The number of anilines is 1. The lowest BCUT2D eigenvalue weighted by Crippen LogP contribution is -2.21. The van der Waals surface area contributed by atoms with E-state index in [2.05, 4.69) is 5.32 Å². The van der Waals surface area contributed by atoms with Crippen LogP contribution in [0.4, 0.5) is 18.9 Å². The van der Waals surface area contributed by atoms with Crippen LogP contribution in [0.15, 0.2) is 42.6 Å². The molecule has 2 rings (SSSR count). The lowest BCUT2D eigenvalue weighted by molar-refractivity contribution is -0.137. The molecular formula is C14H11F3N2O2. The molecule has 0 atom stereocenters. The van der Waals surface area contributed by atoms with Gasteiger partial charge < -0.3 is 9.88 Å². The molecule has 0 radical (unpaired) electrons. The molecule has 110 valence electrons. The number of alkyl halides is 3. The summed E-state index contributed by atoms with van der Waals surface area (Å²) in [6.45, 7) is -0.243. The Balaban J connectivity index is 2.16. The first-order chi connectivity index (χ1) is 9.91. The number of nitrogens with zero attached hydrogens (tertiary/aromatic N) is 1. The monoisotopic (exact) mass is 296 g/mol. The zero-order chi connectivity index (χ0) is 15.5. The van der Waals surface area contributed by atoms with E-state index >= 15 is 0 Å². The van der Waals surface area contributed by atoms with Crippen LogP contribution in [0, 0.1) is 0 Å². The fourth-order valence-corrected chi connectivity index (χ4v) is 1.86. The fourth-order valence-electron chi connectivity index (χ4n) is 1.86. The van der Waals surface area contributed by atoms with E-state index in [1.165, 1.54) is 35.0 Å². The molecule has 0 aliphatic heterocycles. The Bertz CT molecular complexity index is 662. The fraction of sp³-hybridized carbons (Fsp3) is 0.143. The van der Waals surface area contributed by atoms with E-state index in [-0.39, 0.29) is 17.9 Å². The summed E-state index contributed by atoms with van der Waals surface area (Å²) in [4.78, 5) is 22.5. The second-order valence-corrected chi connectivity index (χ2v) is 4.27. The van der Waals surface area contributed by atoms with Crippen molar-refractivity contribution < 1.29 is 22.8 Å². The summed E-state index contributed by atoms with van der Waals surface area (Å²) in [6.07, 6.45) is -2.48. The Morgan fingerprint density at radius 3 is 2.57 bits per heavy atom. The highest BCUT2D eigenvalue weighted by atomic mass is 19.4. The van der Waals surface area contributed by atoms with Gasteiger partial charge in [0, 0.05) is 6.20 Å². The highest BCUT2D eigenvalue weighted by Crippen LogP contribution is 2.34. The summed E-state index contributed by atoms with van der Waals surface area (Å²) in [7, 11) is 0. The number of benzene rings is 1. The Morgan fingerprint density at radius 2 is 1.90 bits per heavy atom. The third-order valence-corrected chi connectivity index (χ3v) is 2.81. The van der Waals surface area contributed by atoms with E-state index in [0.29, 0.717) is 6.29 Å². The van der Waals surface area contributed by atoms with Gasteiger partial charge in [0.1, 0.15) is 6.54 Å². The first-order valence-corrected chi connectivity index (χ1v) is 5.98. The van der Waals surface area contributed by atoms with Crippen molar-refractivity contribution in [3.8, 4) is 0 Å². The third kappa shape index (κ3) is 3.50. The van der Waals surface area contributed by atoms with Crippen molar-refractivity contribution in [2.45, 2.75) is 12.7 Å². The summed E-state index contributed by atoms with van der Waals surface area (Å²) in [5.41, 5.74) is -0.953. The van der Waals surface area contributed by atoms with Gasteiger partial charge in [-0.05, 0) is 24.3 Å². The zero-order valence-electron chi connectivity index (χ0n) is 10.7. The van der Waals surface area contributed by atoms with Crippen LogP contribution in [0.2, 0.25) is 0 Å². The Labute approximate surface area is 118 Å². The lowest BCUT2D eigenvalue weighted by atomic mass is 10.1. The van der Waals surface area contributed by atoms with Crippen molar-refractivity contribution in [1.82, 2.24) is 4.57 Å². The van der Waals surface area contributed by atoms with Gasteiger partial charge in [0.05, 0.1) is 16.9 Å². The van der Waals surface area contributed by atoms with Gasteiger partial charge in [-0.2, -0.15) is 13.2 Å². The van der Waals surface area contributed by atoms with Crippen LogP contribution in [0.1, 0.15) is 16.1 Å². The number of aromatic nitrogens is 1. The van der Waals surface area contributed by atoms with Gasteiger partial charge >= 0.3 is 6.18 Å². The summed E-state index contributed by atoms with van der Waals surface area (Å²) in [5, 5.41) is 2.21. The Hall–Kier alpha value is -2.57. The standard InChI is InChI=1S/C14H11F3N2O2/c15-14(16,17)11-5-1-2-6-12(11)18-13(21)8-19-7-3-4-10(19)9-20/h1-7,9H,8H2,(H,18,21). The van der Waals surface area contributed by atoms with Crippen molar-refractivity contribution in [2.24, 2.45) is 0 Å².